The van der Waals surface area contributed by atoms with E-state index in [1.54, 1.807) is 0 Å². The van der Waals surface area contributed by atoms with Crippen molar-refractivity contribution in [1.29, 1.82) is 0 Å². The Labute approximate surface area is 144 Å². The SMILES string of the molecule is C[C@@H]1CNC[C@H](c2nc(Cc3cc(Cl)c4c(c3)OCCO4)no2)O1. The van der Waals surface area contributed by atoms with Crippen molar-refractivity contribution in [1.82, 2.24) is 15.5 Å². The number of rotatable bonds is 3. The van der Waals surface area contributed by atoms with Crippen LogP contribution in [0, 0.1) is 0 Å². The van der Waals surface area contributed by atoms with Gasteiger partial charge in [0.05, 0.1) is 11.1 Å². The minimum absolute atomic E-state index is 0.121. The molecule has 0 spiro atoms. The van der Waals surface area contributed by atoms with Gasteiger partial charge in [-0.25, -0.2) is 0 Å². The summed E-state index contributed by atoms with van der Waals surface area (Å²) in [6.45, 7) is 4.53. The van der Waals surface area contributed by atoms with E-state index < -0.39 is 0 Å². The van der Waals surface area contributed by atoms with Crippen LogP contribution < -0.4 is 14.8 Å². The molecular formula is C16H18ClN3O4. The summed E-state index contributed by atoms with van der Waals surface area (Å²) in [5.74, 6) is 2.32. The Bertz CT molecular complexity index is 736. The molecule has 7 nitrogen and oxygen atoms in total. The first-order valence-electron chi connectivity index (χ1n) is 7.95. The number of hydrogen-bond donors (Lipinski definition) is 1. The number of morpholine rings is 1. The average Bonchev–Trinajstić information content (AvgIpc) is 3.03. The second kappa shape index (κ2) is 6.58. The molecule has 2 aliphatic heterocycles. The first-order valence-corrected chi connectivity index (χ1v) is 8.33. The minimum atomic E-state index is -0.209. The second-order valence-corrected chi connectivity index (χ2v) is 6.33. The van der Waals surface area contributed by atoms with Gasteiger partial charge in [-0.1, -0.05) is 16.8 Å². The second-order valence-electron chi connectivity index (χ2n) is 5.92. The smallest absolute Gasteiger partial charge is 0.257 e. The van der Waals surface area contributed by atoms with Gasteiger partial charge in [-0.3, -0.25) is 0 Å². The molecule has 4 rings (SSSR count). The van der Waals surface area contributed by atoms with Crippen LogP contribution in [0.3, 0.4) is 0 Å². The first kappa shape index (κ1) is 15.7. The fourth-order valence-corrected chi connectivity index (χ4v) is 3.15. The molecule has 8 heteroatoms. The lowest BCUT2D eigenvalue weighted by molar-refractivity contribution is -0.0438. The summed E-state index contributed by atoms with van der Waals surface area (Å²) in [4.78, 5) is 4.45. The van der Waals surface area contributed by atoms with Crippen molar-refractivity contribution in [2.45, 2.75) is 25.6 Å². The molecule has 2 atom stereocenters. The number of nitrogens with one attached hydrogen (secondary N) is 1. The van der Waals surface area contributed by atoms with Crippen molar-refractivity contribution in [3.05, 3.63) is 34.4 Å². The summed E-state index contributed by atoms with van der Waals surface area (Å²) in [6, 6.07) is 3.74. The lowest BCUT2D eigenvalue weighted by Gasteiger charge is -2.25. The predicted molar refractivity (Wildman–Crippen MR) is 85.7 cm³/mol. The van der Waals surface area contributed by atoms with Crippen LogP contribution in [0.5, 0.6) is 11.5 Å². The van der Waals surface area contributed by atoms with Crippen molar-refractivity contribution in [3.8, 4) is 11.5 Å². The first-order chi connectivity index (χ1) is 11.7. The predicted octanol–water partition coefficient (Wildman–Crippen LogP) is 2.13. The normalized spacial score (nSPS) is 23.2. The van der Waals surface area contributed by atoms with Gasteiger partial charge < -0.3 is 24.1 Å². The monoisotopic (exact) mass is 351 g/mol. The Balaban J connectivity index is 1.51. The van der Waals surface area contributed by atoms with Crippen LogP contribution in [0.25, 0.3) is 0 Å². The van der Waals surface area contributed by atoms with E-state index in [9.17, 15) is 0 Å². The van der Waals surface area contributed by atoms with Crippen molar-refractivity contribution < 1.29 is 18.7 Å². The Morgan fingerprint density at radius 3 is 3.00 bits per heavy atom. The van der Waals surface area contributed by atoms with E-state index in [1.165, 1.54) is 0 Å². The van der Waals surface area contributed by atoms with E-state index in [-0.39, 0.29) is 12.2 Å². The Hall–Kier alpha value is -1.83. The minimum Gasteiger partial charge on any atom is -0.486 e. The van der Waals surface area contributed by atoms with Crippen LogP contribution in [0.4, 0.5) is 0 Å². The highest BCUT2D eigenvalue weighted by Crippen LogP contribution is 2.38. The van der Waals surface area contributed by atoms with E-state index in [0.717, 1.165) is 12.1 Å². The van der Waals surface area contributed by atoms with E-state index in [2.05, 4.69) is 15.5 Å². The maximum absolute atomic E-state index is 6.26. The summed E-state index contributed by atoms with van der Waals surface area (Å²) in [7, 11) is 0. The molecule has 1 saturated heterocycles. The lowest BCUT2D eigenvalue weighted by Crippen LogP contribution is -2.39. The number of ether oxygens (including phenoxy) is 3. The van der Waals surface area contributed by atoms with Crippen molar-refractivity contribution >= 4 is 11.6 Å². The van der Waals surface area contributed by atoms with Gasteiger partial charge in [0.2, 0.25) is 0 Å². The summed E-state index contributed by atoms with van der Waals surface area (Å²) >= 11 is 6.26. The number of hydrogen-bond acceptors (Lipinski definition) is 7. The van der Waals surface area contributed by atoms with Gasteiger partial charge in [0.25, 0.3) is 5.89 Å². The topological polar surface area (TPSA) is 78.6 Å². The molecule has 0 radical (unpaired) electrons. The van der Waals surface area contributed by atoms with E-state index in [1.807, 2.05) is 19.1 Å². The third-order valence-electron chi connectivity index (χ3n) is 3.94. The maximum Gasteiger partial charge on any atom is 0.257 e. The fourth-order valence-electron chi connectivity index (χ4n) is 2.86. The molecule has 3 heterocycles. The fraction of sp³-hybridized carbons (Fsp3) is 0.500. The molecule has 24 heavy (non-hydrogen) atoms. The van der Waals surface area contributed by atoms with Gasteiger partial charge in [-0.15, -0.1) is 0 Å². The zero-order chi connectivity index (χ0) is 16.5. The van der Waals surface area contributed by atoms with E-state index >= 15 is 0 Å². The zero-order valence-electron chi connectivity index (χ0n) is 13.3. The average molecular weight is 352 g/mol. The molecular weight excluding hydrogens is 334 g/mol. The van der Waals surface area contributed by atoms with Gasteiger partial charge in [0.15, 0.2) is 17.3 Å². The van der Waals surface area contributed by atoms with Crippen LogP contribution in [-0.2, 0) is 11.2 Å². The van der Waals surface area contributed by atoms with Crippen LogP contribution in [-0.4, -0.2) is 42.5 Å². The Morgan fingerprint density at radius 2 is 2.12 bits per heavy atom. The van der Waals surface area contributed by atoms with Crippen LogP contribution >= 0.6 is 11.6 Å². The molecule has 128 valence electrons. The number of fused-ring (bicyclic) bond motifs is 1. The summed E-state index contributed by atoms with van der Waals surface area (Å²) in [6.07, 6.45) is 0.407. The molecule has 2 aliphatic rings. The molecule has 0 aliphatic carbocycles. The molecule has 1 fully saturated rings. The van der Waals surface area contributed by atoms with Gasteiger partial charge in [0.1, 0.15) is 19.3 Å². The van der Waals surface area contributed by atoms with Gasteiger partial charge in [-0.2, -0.15) is 4.98 Å². The molecule has 0 unspecified atom stereocenters. The van der Waals surface area contributed by atoms with Crippen molar-refractivity contribution in [2.75, 3.05) is 26.3 Å². The standard InChI is InChI=1S/C16H18ClN3O4/c1-9-7-18-8-13(23-9)16-19-14(20-24-16)6-10-4-11(17)15-12(5-10)21-2-3-22-15/h4-5,9,13,18H,2-3,6-8H2,1H3/t9-,13-/m1/s1. The maximum atomic E-state index is 6.26. The largest absolute Gasteiger partial charge is 0.486 e. The molecule has 1 N–H and O–H groups in total. The van der Waals surface area contributed by atoms with Crippen LogP contribution in [0.2, 0.25) is 5.02 Å². The summed E-state index contributed by atoms with van der Waals surface area (Å²) in [5, 5.41) is 7.85. The highest BCUT2D eigenvalue weighted by Gasteiger charge is 2.26. The zero-order valence-corrected chi connectivity index (χ0v) is 14.0. The third-order valence-corrected chi connectivity index (χ3v) is 4.22. The van der Waals surface area contributed by atoms with Gasteiger partial charge >= 0.3 is 0 Å². The van der Waals surface area contributed by atoms with Crippen molar-refractivity contribution in [3.63, 3.8) is 0 Å². The summed E-state index contributed by atoms with van der Waals surface area (Å²) in [5.41, 5.74) is 0.938. The Kier molecular flexibility index (Phi) is 4.30. The Morgan fingerprint density at radius 1 is 1.25 bits per heavy atom. The molecule has 1 aromatic heterocycles. The van der Waals surface area contributed by atoms with Crippen LogP contribution in [0.15, 0.2) is 16.7 Å². The number of halogens is 1. The molecule has 2 aromatic rings. The van der Waals surface area contributed by atoms with Crippen LogP contribution in [0.1, 0.15) is 30.3 Å². The number of aromatic nitrogens is 2. The van der Waals surface area contributed by atoms with E-state index in [4.69, 9.17) is 30.3 Å². The molecule has 1 aromatic carbocycles. The highest BCUT2D eigenvalue weighted by molar-refractivity contribution is 6.32. The third kappa shape index (κ3) is 3.19. The summed E-state index contributed by atoms with van der Waals surface area (Å²) < 4.78 is 22.3. The lowest BCUT2D eigenvalue weighted by atomic mass is 10.1. The van der Waals surface area contributed by atoms with E-state index in [0.29, 0.717) is 54.4 Å². The molecule has 0 bridgehead atoms. The number of benzene rings is 1. The quantitative estimate of drug-likeness (QED) is 0.907. The highest BCUT2D eigenvalue weighted by atomic mass is 35.5. The van der Waals surface area contributed by atoms with Crippen molar-refractivity contribution in [2.24, 2.45) is 0 Å². The molecule has 0 saturated carbocycles. The van der Waals surface area contributed by atoms with Gasteiger partial charge in [-0.05, 0) is 24.6 Å². The van der Waals surface area contributed by atoms with Gasteiger partial charge in [0, 0.05) is 19.5 Å². The molecule has 0 amide bonds. The number of nitrogens with zero attached hydrogens (tertiary/aromatic N) is 2.